The molecule has 0 radical (unpaired) electrons. The lowest BCUT2D eigenvalue weighted by Crippen LogP contribution is -2.40. The monoisotopic (exact) mass is 352 g/mol. The summed E-state index contributed by atoms with van der Waals surface area (Å²) in [5, 5.41) is 14.3. The molecule has 2 heterocycles. The molecular weight excluding hydrogens is 328 g/mol. The maximum atomic E-state index is 11.9. The van der Waals surface area contributed by atoms with Crippen molar-refractivity contribution in [3.05, 3.63) is 0 Å². The number of rotatable bonds is 7. The maximum absolute atomic E-state index is 11.9. The summed E-state index contributed by atoms with van der Waals surface area (Å²) in [6, 6.07) is 0.0119. The van der Waals surface area contributed by atoms with Gasteiger partial charge >= 0.3 is 6.03 Å². The van der Waals surface area contributed by atoms with E-state index in [0.29, 0.717) is 12.6 Å². The molecule has 2 fully saturated rings. The molecule has 8 nitrogen and oxygen atoms in total. The van der Waals surface area contributed by atoms with Gasteiger partial charge in [0, 0.05) is 25.7 Å². The fourth-order valence-corrected chi connectivity index (χ4v) is 3.53. The minimum absolute atomic E-state index is 0.157. The number of imide groups is 1. The number of urea groups is 1. The van der Waals surface area contributed by atoms with Crippen LogP contribution < -0.4 is 15.5 Å². The number of anilines is 1. The number of carbonyl (C=O) groups is 2. The fourth-order valence-electron chi connectivity index (χ4n) is 2.73. The quantitative estimate of drug-likeness (QED) is 0.723. The SMILES string of the molecule is CCCNC(=O)NC(=O)CSc1nnc(N2CCCC2)n1C1CC1. The minimum atomic E-state index is -0.441. The van der Waals surface area contributed by atoms with E-state index in [9.17, 15) is 9.59 Å². The molecule has 3 rings (SSSR count). The van der Waals surface area contributed by atoms with Gasteiger partial charge in [0.15, 0.2) is 5.16 Å². The summed E-state index contributed by atoms with van der Waals surface area (Å²) in [5.41, 5.74) is 0. The Morgan fingerprint density at radius 1 is 1.25 bits per heavy atom. The fraction of sp³-hybridized carbons (Fsp3) is 0.733. The van der Waals surface area contributed by atoms with Crippen molar-refractivity contribution in [3.8, 4) is 0 Å². The third-order valence-electron chi connectivity index (χ3n) is 4.07. The average molecular weight is 352 g/mol. The second kappa shape index (κ2) is 7.87. The van der Waals surface area contributed by atoms with E-state index in [-0.39, 0.29) is 11.7 Å². The summed E-state index contributed by atoms with van der Waals surface area (Å²) >= 11 is 1.34. The lowest BCUT2D eigenvalue weighted by molar-refractivity contribution is -0.117. The number of hydrogen-bond acceptors (Lipinski definition) is 6. The number of thioether (sulfide) groups is 1. The number of aromatic nitrogens is 3. The number of hydrogen-bond donors (Lipinski definition) is 2. The van der Waals surface area contributed by atoms with Crippen molar-refractivity contribution >= 4 is 29.6 Å². The molecule has 1 aliphatic carbocycles. The largest absolute Gasteiger partial charge is 0.341 e. The molecule has 0 bridgehead atoms. The number of carbonyl (C=O) groups excluding carboxylic acids is 2. The first-order valence-electron chi connectivity index (χ1n) is 8.59. The molecule has 1 saturated heterocycles. The highest BCUT2D eigenvalue weighted by Crippen LogP contribution is 2.41. The molecule has 3 amide bonds. The predicted octanol–water partition coefficient (Wildman–Crippen LogP) is 1.54. The Labute approximate surface area is 145 Å². The molecule has 1 aromatic rings. The molecule has 2 N–H and O–H groups in total. The number of amides is 3. The van der Waals surface area contributed by atoms with E-state index in [2.05, 4.69) is 30.3 Å². The summed E-state index contributed by atoms with van der Waals surface area (Å²) in [7, 11) is 0. The van der Waals surface area contributed by atoms with Crippen LogP contribution in [0, 0.1) is 0 Å². The van der Waals surface area contributed by atoms with Crippen LogP contribution in [0.3, 0.4) is 0 Å². The van der Waals surface area contributed by atoms with E-state index < -0.39 is 6.03 Å². The molecule has 1 aliphatic heterocycles. The molecule has 1 saturated carbocycles. The zero-order chi connectivity index (χ0) is 16.9. The van der Waals surface area contributed by atoms with E-state index in [1.807, 2.05) is 6.92 Å². The van der Waals surface area contributed by atoms with Crippen molar-refractivity contribution in [2.45, 2.75) is 50.2 Å². The molecule has 9 heteroatoms. The highest BCUT2D eigenvalue weighted by atomic mass is 32.2. The molecule has 2 aliphatic rings. The van der Waals surface area contributed by atoms with Gasteiger partial charge < -0.3 is 10.2 Å². The van der Waals surface area contributed by atoms with E-state index in [1.165, 1.54) is 24.6 Å². The Bertz CT molecular complexity index is 595. The van der Waals surface area contributed by atoms with Gasteiger partial charge in [0.2, 0.25) is 11.9 Å². The standard InChI is InChI=1S/C15H24N6O2S/c1-2-7-16-13(23)17-12(22)10-24-15-19-18-14(20-8-3-4-9-20)21(15)11-5-6-11/h11H,2-10H2,1H3,(H2,16,17,22,23). The summed E-state index contributed by atoms with van der Waals surface area (Å²) in [4.78, 5) is 25.7. The Morgan fingerprint density at radius 3 is 2.67 bits per heavy atom. The Morgan fingerprint density at radius 2 is 2.00 bits per heavy atom. The van der Waals surface area contributed by atoms with Gasteiger partial charge in [-0.25, -0.2) is 4.79 Å². The Hall–Kier alpha value is -1.77. The summed E-state index contributed by atoms with van der Waals surface area (Å²) in [6.45, 7) is 4.56. The van der Waals surface area contributed by atoms with Gasteiger partial charge in [-0.05, 0) is 32.1 Å². The van der Waals surface area contributed by atoms with Crippen LogP contribution in [0.5, 0.6) is 0 Å². The van der Waals surface area contributed by atoms with Gasteiger partial charge in [-0.2, -0.15) is 0 Å². The van der Waals surface area contributed by atoms with E-state index in [1.54, 1.807) is 0 Å². The van der Waals surface area contributed by atoms with Crippen LogP contribution in [0.1, 0.15) is 45.1 Å². The lowest BCUT2D eigenvalue weighted by Gasteiger charge is -2.17. The first-order chi connectivity index (χ1) is 11.7. The summed E-state index contributed by atoms with van der Waals surface area (Å²) in [6.07, 6.45) is 5.49. The van der Waals surface area contributed by atoms with Gasteiger partial charge in [-0.1, -0.05) is 18.7 Å². The maximum Gasteiger partial charge on any atom is 0.321 e. The second-order valence-corrected chi connectivity index (χ2v) is 7.11. The Kier molecular flexibility index (Phi) is 5.60. The van der Waals surface area contributed by atoms with E-state index >= 15 is 0 Å². The number of nitrogens with zero attached hydrogens (tertiary/aromatic N) is 4. The summed E-state index contributed by atoms with van der Waals surface area (Å²) < 4.78 is 2.17. The van der Waals surface area contributed by atoms with Crippen molar-refractivity contribution in [2.24, 2.45) is 0 Å². The van der Waals surface area contributed by atoms with Gasteiger partial charge in [-0.15, -0.1) is 10.2 Å². The average Bonchev–Trinajstić information content (AvgIpc) is 3.10. The van der Waals surface area contributed by atoms with Crippen molar-refractivity contribution in [1.82, 2.24) is 25.4 Å². The van der Waals surface area contributed by atoms with Crippen molar-refractivity contribution in [2.75, 3.05) is 30.3 Å². The highest BCUT2D eigenvalue weighted by molar-refractivity contribution is 7.99. The van der Waals surface area contributed by atoms with Gasteiger partial charge in [0.1, 0.15) is 0 Å². The molecule has 1 aromatic heterocycles. The third kappa shape index (κ3) is 4.19. The van der Waals surface area contributed by atoms with Crippen LogP contribution in [-0.4, -0.2) is 52.1 Å². The van der Waals surface area contributed by atoms with Crippen LogP contribution in [0.25, 0.3) is 0 Å². The molecule has 0 spiro atoms. The minimum Gasteiger partial charge on any atom is -0.341 e. The zero-order valence-corrected chi connectivity index (χ0v) is 14.8. The van der Waals surface area contributed by atoms with E-state index in [4.69, 9.17) is 0 Å². The van der Waals surface area contributed by atoms with Gasteiger partial charge in [0.05, 0.1) is 5.75 Å². The van der Waals surface area contributed by atoms with Crippen LogP contribution in [-0.2, 0) is 4.79 Å². The van der Waals surface area contributed by atoms with Crippen LogP contribution in [0.4, 0.5) is 10.7 Å². The van der Waals surface area contributed by atoms with Gasteiger partial charge in [0.25, 0.3) is 0 Å². The number of nitrogens with one attached hydrogen (secondary N) is 2. The molecule has 0 unspecified atom stereocenters. The van der Waals surface area contributed by atoms with Crippen LogP contribution in [0.15, 0.2) is 5.16 Å². The van der Waals surface area contributed by atoms with Crippen LogP contribution >= 0.6 is 11.8 Å². The van der Waals surface area contributed by atoms with Crippen molar-refractivity contribution in [1.29, 1.82) is 0 Å². The predicted molar refractivity (Wildman–Crippen MR) is 92.3 cm³/mol. The van der Waals surface area contributed by atoms with E-state index in [0.717, 1.165) is 43.5 Å². The van der Waals surface area contributed by atoms with Gasteiger partial charge in [-0.3, -0.25) is 14.7 Å². The molecule has 132 valence electrons. The van der Waals surface area contributed by atoms with Crippen molar-refractivity contribution in [3.63, 3.8) is 0 Å². The first kappa shape index (κ1) is 17.1. The molecule has 0 aromatic carbocycles. The topological polar surface area (TPSA) is 92.2 Å². The third-order valence-corrected chi connectivity index (χ3v) is 5.01. The Balaban J connectivity index is 1.57. The van der Waals surface area contributed by atoms with Crippen LogP contribution in [0.2, 0.25) is 0 Å². The molecular formula is C15H24N6O2S. The molecule has 24 heavy (non-hydrogen) atoms. The lowest BCUT2D eigenvalue weighted by atomic mass is 10.4. The van der Waals surface area contributed by atoms with Crippen molar-refractivity contribution < 1.29 is 9.59 Å². The zero-order valence-electron chi connectivity index (χ0n) is 14.0. The first-order valence-corrected chi connectivity index (χ1v) is 9.58. The highest BCUT2D eigenvalue weighted by Gasteiger charge is 2.32. The normalized spacial score (nSPS) is 17.1. The smallest absolute Gasteiger partial charge is 0.321 e. The molecule has 0 atom stereocenters. The summed E-state index contributed by atoms with van der Waals surface area (Å²) in [5.74, 6) is 0.769. The second-order valence-electron chi connectivity index (χ2n) is 6.17.